The normalized spacial score (nSPS) is 10.7. The van der Waals surface area contributed by atoms with Crippen molar-refractivity contribution >= 4 is 5.69 Å². The van der Waals surface area contributed by atoms with E-state index in [1.807, 2.05) is 12.1 Å². The summed E-state index contributed by atoms with van der Waals surface area (Å²) >= 11 is 0. The van der Waals surface area contributed by atoms with Crippen molar-refractivity contribution in [1.29, 1.82) is 0 Å². The van der Waals surface area contributed by atoms with Gasteiger partial charge in [-0.2, -0.15) is 0 Å². The minimum Gasteiger partial charge on any atom is -0.369 e. The molecule has 0 atom stereocenters. The Morgan fingerprint density at radius 3 is 2.33 bits per heavy atom. The third-order valence-electron chi connectivity index (χ3n) is 2.92. The van der Waals surface area contributed by atoms with Crippen molar-refractivity contribution in [3.8, 4) is 0 Å². The second kappa shape index (κ2) is 8.09. The molecule has 0 unspecified atom stereocenters. The Labute approximate surface area is 110 Å². The maximum absolute atomic E-state index is 13.9. The van der Waals surface area contributed by atoms with Crippen molar-refractivity contribution in [1.82, 2.24) is 5.32 Å². The summed E-state index contributed by atoms with van der Waals surface area (Å²) in [4.78, 5) is 2.14. The molecule has 1 aromatic rings. The van der Waals surface area contributed by atoms with Crippen LogP contribution in [0.5, 0.6) is 0 Å². The van der Waals surface area contributed by atoms with Crippen LogP contribution in [0.25, 0.3) is 0 Å². The third kappa shape index (κ3) is 4.30. The summed E-state index contributed by atoms with van der Waals surface area (Å²) in [6.07, 6.45) is 2.08. The number of anilines is 1. The molecule has 2 nitrogen and oxygen atoms in total. The van der Waals surface area contributed by atoms with Crippen molar-refractivity contribution in [2.45, 2.75) is 40.2 Å². The minimum absolute atomic E-state index is 0.114. The molecule has 0 aliphatic rings. The lowest BCUT2D eigenvalue weighted by Gasteiger charge is -2.24. The monoisotopic (exact) mass is 252 g/mol. The van der Waals surface area contributed by atoms with E-state index in [9.17, 15) is 4.39 Å². The van der Waals surface area contributed by atoms with E-state index in [-0.39, 0.29) is 5.82 Å². The summed E-state index contributed by atoms with van der Waals surface area (Å²) in [5.41, 5.74) is 1.89. The molecule has 0 radical (unpaired) electrons. The molecule has 1 rings (SSSR count). The third-order valence-corrected chi connectivity index (χ3v) is 2.92. The van der Waals surface area contributed by atoms with Gasteiger partial charge in [0.2, 0.25) is 0 Å². The average molecular weight is 252 g/mol. The molecule has 1 aromatic carbocycles. The van der Waals surface area contributed by atoms with Gasteiger partial charge in [0.15, 0.2) is 0 Å². The van der Waals surface area contributed by atoms with Gasteiger partial charge in [-0.05, 0) is 37.1 Å². The molecular formula is C15H25FN2. The number of rotatable bonds is 8. The van der Waals surface area contributed by atoms with Gasteiger partial charge in [0.05, 0.1) is 5.69 Å². The smallest absolute Gasteiger partial charge is 0.146 e. The van der Waals surface area contributed by atoms with Gasteiger partial charge < -0.3 is 10.2 Å². The lowest BCUT2D eigenvalue weighted by Crippen LogP contribution is -2.26. The summed E-state index contributed by atoms with van der Waals surface area (Å²) in [6.45, 7) is 9.89. The zero-order valence-electron chi connectivity index (χ0n) is 11.8. The Kier molecular flexibility index (Phi) is 6.73. The van der Waals surface area contributed by atoms with Crippen molar-refractivity contribution in [2.75, 3.05) is 24.5 Å². The first-order chi connectivity index (χ1) is 8.72. The van der Waals surface area contributed by atoms with E-state index in [2.05, 4.69) is 31.0 Å². The fourth-order valence-corrected chi connectivity index (χ4v) is 2.07. The lowest BCUT2D eigenvalue weighted by atomic mass is 10.1. The van der Waals surface area contributed by atoms with Gasteiger partial charge >= 0.3 is 0 Å². The Morgan fingerprint density at radius 1 is 1.11 bits per heavy atom. The largest absolute Gasteiger partial charge is 0.369 e. The molecule has 0 aromatic heterocycles. The van der Waals surface area contributed by atoms with Gasteiger partial charge in [0, 0.05) is 19.6 Å². The van der Waals surface area contributed by atoms with Crippen LogP contribution in [0.15, 0.2) is 18.2 Å². The first-order valence-electron chi connectivity index (χ1n) is 6.97. The highest BCUT2D eigenvalue weighted by Gasteiger charge is 2.10. The fourth-order valence-electron chi connectivity index (χ4n) is 2.07. The fraction of sp³-hybridized carbons (Fsp3) is 0.600. The van der Waals surface area contributed by atoms with Crippen LogP contribution >= 0.6 is 0 Å². The summed E-state index contributed by atoms with van der Waals surface area (Å²) in [7, 11) is 0. The first-order valence-corrected chi connectivity index (χ1v) is 6.97. The van der Waals surface area contributed by atoms with E-state index in [1.54, 1.807) is 6.07 Å². The first kappa shape index (κ1) is 15.0. The Bertz CT molecular complexity index is 346. The van der Waals surface area contributed by atoms with Gasteiger partial charge in [0.1, 0.15) is 5.82 Å². The number of hydrogen-bond acceptors (Lipinski definition) is 2. The Morgan fingerprint density at radius 2 is 1.78 bits per heavy atom. The SMILES string of the molecule is CCCN(CCC)c1cc(CNCC)ccc1F. The highest BCUT2D eigenvalue weighted by Crippen LogP contribution is 2.21. The molecule has 18 heavy (non-hydrogen) atoms. The zero-order chi connectivity index (χ0) is 13.4. The molecule has 0 bridgehead atoms. The van der Waals surface area contributed by atoms with Crippen LogP contribution in [0.4, 0.5) is 10.1 Å². The molecule has 0 spiro atoms. The van der Waals surface area contributed by atoms with Gasteiger partial charge in [-0.1, -0.05) is 26.8 Å². The molecule has 0 aliphatic heterocycles. The van der Waals surface area contributed by atoms with E-state index < -0.39 is 0 Å². The second-order valence-electron chi connectivity index (χ2n) is 4.55. The van der Waals surface area contributed by atoms with Crippen LogP contribution in [0.2, 0.25) is 0 Å². The number of halogens is 1. The topological polar surface area (TPSA) is 15.3 Å². The molecule has 0 heterocycles. The summed E-state index contributed by atoms with van der Waals surface area (Å²) in [5.74, 6) is -0.114. The quantitative estimate of drug-likeness (QED) is 0.761. The number of hydrogen-bond donors (Lipinski definition) is 1. The molecule has 0 aliphatic carbocycles. The van der Waals surface area contributed by atoms with Gasteiger partial charge in [0.25, 0.3) is 0 Å². The van der Waals surface area contributed by atoms with Crippen LogP contribution in [-0.2, 0) is 6.54 Å². The summed E-state index contributed by atoms with van der Waals surface area (Å²) in [6, 6.07) is 5.42. The highest BCUT2D eigenvalue weighted by atomic mass is 19.1. The molecule has 102 valence electrons. The molecule has 0 saturated carbocycles. The molecule has 1 N–H and O–H groups in total. The molecule has 0 amide bonds. The molecule has 3 heteroatoms. The van der Waals surface area contributed by atoms with Crippen molar-refractivity contribution in [3.63, 3.8) is 0 Å². The summed E-state index contributed by atoms with van der Waals surface area (Å²) < 4.78 is 13.9. The lowest BCUT2D eigenvalue weighted by molar-refractivity contribution is 0.611. The minimum atomic E-state index is -0.114. The number of nitrogens with zero attached hydrogens (tertiary/aromatic N) is 1. The average Bonchev–Trinajstić information content (AvgIpc) is 2.37. The van der Waals surface area contributed by atoms with Crippen LogP contribution in [-0.4, -0.2) is 19.6 Å². The predicted molar refractivity (Wildman–Crippen MR) is 76.6 cm³/mol. The van der Waals surface area contributed by atoms with E-state index in [4.69, 9.17) is 0 Å². The second-order valence-corrected chi connectivity index (χ2v) is 4.55. The van der Waals surface area contributed by atoms with Crippen molar-refractivity contribution in [3.05, 3.63) is 29.6 Å². The molecule has 0 saturated heterocycles. The van der Waals surface area contributed by atoms with E-state index in [0.717, 1.165) is 50.3 Å². The van der Waals surface area contributed by atoms with Gasteiger partial charge in [-0.15, -0.1) is 0 Å². The molecule has 0 fully saturated rings. The van der Waals surface area contributed by atoms with E-state index in [0.29, 0.717) is 0 Å². The number of benzene rings is 1. The molecular weight excluding hydrogens is 227 g/mol. The van der Waals surface area contributed by atoms with Crippen LogP contribution in [0.3, 0.4) is 0 Å². The van der Waals surface area contributed by atoms with E-state index >= 15 is 0 Å². The maximum atomic E-state index is 13.9. The van der Waals surface area contributed by atoms with Crippen molar-refractivity contribution in [2.24, 2.45) is 0 Å². The Hall–Kier alpha value is -1.09. The van der Waals surface area contributed by atoms with Gasteiger partial charge in [-0.25, -0.2) is 4.39 Å². The van der Waals surface area contributed by atoms with E-state index in [1.165, 1.54) is 0 Å². The van der Waals surface area contributed by atoms with Crippen LogP contribution in [0.1, 0.15) is 39.2 Å². The van der Waals surface area contributed by atoms with Crippen molar-refractivity contribution < 1.29 is 4.39 Å². The van der Waals surface area contributed by atoms with Crippen LogP contribution < -0.4 is 10.2 Å². The highest BCUT2D eigenvalue weighted by molar-refractivity contribution is 5.50. The number of nitrogens with one attached hydrogen (secondary N) is 1. The van der Waals surface area contributed by atoms with Gasteiger partial charge in [-0.3, -0.25) is 0 Å². The van der Waals surface area contributed by atoms with Crippen LogP contribution in [0, 0.1) is 5.82 Å². The zero-order valence-corrected chi connectivity index (χ0v) is 11.8. The maximum Gasteiger partial charge on any atom is 0.146 e. The standard InChI is InChI=1S/C15H25FN2/c1-4-9-18(10-5-2)15-11-13(12-17-6-3)7-8-14(15)16/h7-8,11,17H,4-6,9-10,12H2,1-3H3. The predicted octanol–water partition coefficient (Wildman–Crippen LogP) is 3.56. The Balaban J connectivity index is 2.88. The summed E-state index contributed by atoms with van der Waals surface area (Å²) in [5, 5.41) is 3.27.